The van der Waals surface area contributed by atoms with Crippen molar-refractivity contribution in [3.05, 3.63) is 64.4 Å². The van der Waals surface area contributed by atoms with Gasteiger partial charge in [0.15, 0.2) is 6.73 Å². The minimum Gasteiger partial charge on any atom is -0.497 e. The molecule has 0 bridgehead atoms. The maximum atomic E-state index is 12.6. The molecule has 0 spiro atoms. The Labute approximate surface area is 172 Å². The number of carbonyl (C=O) groups excluding carboxylic acids is 2. The number of benzene rings is 2. The first-order valence-electron chi connectivity index (χ1n) is 9.35. The number of esters is 1. The first kappa shape index (κ1) is 21.0. The van der Waals surface area contributed by atoms with E-state index in [0.29, 0.717) is 22.2 Å². The van der Waals surface area contributed by atoms with Crippen LogP contribution in [0.25, 0.3) is 10.9 Å². The maximum absolute atomic E-state index is 12.6. The molecule has 1 heterocycles. The maximum Gasteiger partial charge on any atom is 0.330 e. The second-order valence-corrected chi connectivity index (χ2v) is 6.93. The molecule has 1 unspecified atom stereocenters. The van der Waals surface area contributed by atoms with E-state index in [4.69, 9.17) is 9.47 Å². The molecular weight excluding hydrogens is 388 g/mol. The second-order valence-electron chi connectivity index (χ2n) is 6.93. The Hall–Kier alpha value is -3.75. The molecule has 3 aromatic rings. The van der Waals surface area contributed by atoms with Crippen LogP contribution in [0.5, 0.6) is 5.75 Å². The molecule has 0 aliphatic rings. The molecule has 1 amide bonds. The van der Waals surface area contributed by atoms with Gasteiger partial charge in [0.1, 0.15) is 17.3 Å². The van der Waals surface area contributed by atoms with Crippen molar-refractivity contribution in [2.75, 3.05) is 7.11 Å². The second kappa shape index (κ2) is 9.17. The Morgan fingerprint density at radius 2 is 1.80 bits per heavy atom. The zero-order valence-corrected chi connectivity index (χ0v) is 16.9. The first-order chi connectivity index (χ1) is 14.4. The molecule has 1 N–H and O–H groups in total. The van der Waals surface area contributed by atoms with Gasteiger partial charge in [0, 0.05) is 5.56 Å². The molecule has 0 saturated heterocycles. The number of hydrogen-bond acceptors (Lipinski definition) is 7. The minimum atomic E-state index is -0.899. The monoisotopic (exact) mass is 410 g/mol. The number of hydrogen-bond donors (Lipinski definition) is 1. The highest BCUT2D eigenvalue weighted by molar-refractivity contribution is 5.96. The standard InChI is InChI=1S/C21H22N4O5/c1-13(2)18(22-19(26)14-8-10-15(29-3)11-9-14)21(28)30-12-25-20(27)16-6-4-5-7-17(16)23-24-25/h4-11,13,18H,12H2,1-3H3,(H,22,26). The van der Waals surface area contributed by atoms with E-state index in [1.807, 2.05) is 0 Å². The minimum absolute atomic E-state index is 0.237. The highest BCUT2D eigenvalue weighted by atomic mass is 16.5. The lowest BCUT2D eigenvalue weighted by Gasteiger charge is -2.21. The average Bonchev–Trinajstić information content (AvgIpc) is 2.76. The van der Waals surface area contributed by atoms with Crippen molar-refractivity contribution in [1.29, 1.82) is 0 Å². The molecule has 9 nitrogen and oxygen atoms in total. The van der Waals surface area contributed by atoms with Crippen LogP contribution in [0.2, 0.25) is 0 Å². The number of nitrogens with zero attached hydrogens (tertiary/aromatic N) is 3. The van der Waals surface area contributed by atoms with E-state index in [1.165, 1.54) is 7.11 Å². The summed E-state index contributed by atoms with van der Waals surface area (Å²) in [7, 11) is 1.53. The third-order valence-corrected chi connectivity index (χ3v) is 4.52. The summed E-state index contributed by atoms with van der Waals surface area (Å²) in [5.41, 5.74) is 0.416. The molecule has 2 aromatic carbocycles. The highest BCUT2D eigenvalue weighted by Gasteiger charge is 2.26. The zero-order chi connectivity index (χ0) is 21.7. The fraction of sp³-hybridized carbons (Fsp3) is 0.286. The van der Waals surface area contributed by atoms with Gasteiger partial charge in [-0.1, -0.05) is 31.2 Å². The van der Waals surface area contributed by atoms with Gasteiger partial charge in [-0.15, -0.1) is 5.10 Å². The van der Waals surface area contributed by atoms with E-state index in [9.17, 15) is 14.4 Å². The zero-order valence-electron chi connectivity index (χ0n) is 16.9. The lowest BCUT2D eigenvalue weighted by molar-refractivity contribution is -0.151. The molecule has 1 aromatic heterocycles. The molecular formula is C21H22N4O5. The summed E-state index contributed by atoms with van der Waals surface area (Å²) in [6.07, 6.45) is 0. The summed E-state index contributed by atoms with van der Waals surface area (Å²) in [6, 6.07) is 12.4. The van der Waals surface area contributed by atoms with Crippen molar-refractivity contribution in [3.63, 3.8) is 0 Å². The first-order valence-corrected chi connectivity index (χ1v) is 9.35. The molecule has 0 radical (unpaired) electrons. The van der Waals surface area contributed by atoms with E-state index in [1.54, 1.807) is 62.4 Å². The Bertz CT molecular complexity index is 1110. The van der Waals surface area contributed by atoms with Crippen LogP contribution in [0, 0.1) is 5.92 Å². The van der Waals surface area contributed by atoms with Crippen molar-refractivity contribution < 1.29 is 19.1 Å². The van der Waals surface area contributed by atoms with Crippen LogP contribution < -0.4 is 15.6 Å². The summed E-state index contributed by atoms with van der Waals surface area (Å²) >= 11 is 0. The van der Waals surface area contributed by atoms with Crippen LogP contribution in [-0.4, -0.2) is 40.0 Å². The summed E-state index contributed by atoms with van der Waals surface area (Å²) in [5, 5.41) is 10.8. The van der Waals surface area contributed by atoms with Crippen molar-refractivity contribution in [3.8, 4) is 5.75 Å². The third-order valence-electron chi connectivity index (χ3n) is 4.52. The number of ether oxygens (including phenoxy) is 2. The van der Waals surface area contributed by atoms with E-state index < -0.39 is 30.2 Å². The summed E-state index contributed by atoms with van der Waals surface area (Å²) < 4.78 is 11.3. The largest absolute Gasteiger partial charge is 0.497 e. The van der Waals surface area contributed by atoms with Crippen LogP contribution in [0.15, 0.2) is 53.3 Å². The number of fused-ring (bicyclic) bond motifs is 1. The van der Waals surface area contributed by atoms with E-state index >= 15 is 0 Å². The Balaban J connectivity index is 1.69. The van der Waals surface area contributed by atoms with Gasteiger partial charge in [-0.2, -0.15) is 4.68 Å². The van der Waals surface area contributed by atoms with Gasteiger partial charge < -0.3 is 14.8 Å². The molecule has 1 atom stereocenters. The number of nitrogens with one attached hydrogen (secondary N) is 1. The fourth-order valence-electron chi connectivity index (χ4n) is 2.79. The Morgan fingerprint density at radius 3 is 2.47 bits per heavy atom. The van der Waals surface area contributed by atoms with Crippen LogP contribution in [0.3, 0.4) is 0 Å². The highest BCUT2D eigenvalue weighted by Crippen LogP contribution is 2.12. The van der Waals surface area contributed by atoms with Crippen molar-refractivity contribution in [2.45, 2.75) is 26.6 Å². The van der Waals surface area contributed by atoms with Crippen LogP contribution >= 0.6 is 0 Å². The molecule has 0 aliphatic carbocycles. The predicted octanol–water partition coefficient (Wildman–Crippen LogP) is 1.76. The molecule has 0 saturated carbocycles. The topological polar surface area (TPSA) is 112 Å². The average molecular weight is 410 g/mol. The normalized spacial score (nSPS) is 11.9. The number of amides is 1. The van der Waals surface area contributed by atoms with Gasteiger partial charge in [0.05, 0.1) is 12.5 Å². The van der Waals surface area contributed by atoms with Crippen molar-refractivity contribution in [2.24, 2.45) is 5.92 Å². The molecule has 156 valence electrons. The lowest BCUT2D eigenvalue weighted by Crippen LogP contribution is -2.45. The Kier molecular flexibility index (Phi) is 6.41. The van der Waals surface area contributed by atoms with Crippen LogP contribution in [-0.2, 0) is 16.3 Å². The van der Waals surface area contributed by atoms with Crippen molar-refractivity contribution >= 4 is 22.8 Å². The van der Waals surface area contributed by atoms with Gasteiger partial charge in [-0.3, -0.25) is 9.59 Å². The van der Waals surface area contributed by atoms with E-state index in [0.717, 1.165) is 4.68 Å². The SMILES string of the molecule is COc1ccc(C(=O)NC(C(=O)OCn2nnc3ccccc3c2=O)C(C)C)cc1. The number of aromatic nitrogens is 3. The van der Waals surface area contributed by atoms with Gasteiger partial charge in [-0.05, 0) is 42.3 Å². The molecule has 0 aliphatic heterocycles. The lowest BCUT2D eigenvalue weighted by atomic mass is 10.0. The summed E-state index contributed by atoms with van der Waals surface area (Å²) in [5.74, 6) is -0.711. The molecule has 0 fully saturated rings. The third kappa shape index (κ3) is 4.62. The number of carbonyl (C=O) groups is 2. The van der Waals surface area contributed by atoms with Crippen molar-refractivity contribution in [1.82, 2.24) is 20.3 Å². The molecule has 9 heteroatoms. The molecule has 3 rings (SSSR count). The van der Waals surface area contributed by atoms with Gasteiger partial charge in [-0.25, -0.2) is 4.79 Å². The summed E-state index contributed by atoms with van der Waals surface area (Å²) in [4.78, 5) is 37.5. The molecule has 30 heavy (non-hydrogen) atoms. The Morgan fingerprint density at radius 1 is 1.10 bits per heavy atom. The van der Waals surface area contributed by atoms with Crippen LogP contribution in [0.1, 0.15) is 24.2 Å². The van der Waals surface area contributed by atoms with E-state index in [2.05, 4.69) is 15.6 Å². The fourth-order valence-corrected chi connectivity index (χ4v) is 2.79. The van der Waals surface area contributed by atoms with Gasteiger partial charge in [0.25, 0.3) is 11.5 Å². The summed E-state index contributed by atoms with van der Waals surface area (Å²) in [6.45, 7) is 3.15. The number of methoxy groups -OCH3 is 1. The van der Waals surface area contributed by atoms with Gasteiger partial charge in [0.2, 0.25) is 0 Å². The predicted molar refractivity (Wildman–Crippen MR) is 109 cm³/mol. The smallest absolute Gasteiger partial charge is 0.330 e. The quantitative estimate of drug-likeness (QED) is 0.591. The van der Waals surface area contributed by atoms with Gasteiger partial charge >= 0.3 is 5.97 Å². The number of rotatable bonds is 7. The van der Waals surface area contributed by atoms with E-state index in [-0.39, 0.29) is 5.92 Å². The van der Waals surface area contributed by atoms with Crippen LogP contribution in [0.4, 0.5) is 0 Å².